The average Bonchev–Trinajstić information content (AvgIpc) is 2.78. The lowest BCUT2D eigenvalue weighted by molar-refractivity contribution is 0.112. The first-order valence-corrected chi connectivity index (χ1v) is 7.09. The molecule has 4 nitrogen and oxygen atoms in total. The summed E-state index contributed by atoms with van der Waals surface area (Å²) in [6, 6.07) is 0.573. The van der Waals surface area contributed by atoms with Gasteiger partial charge in [-0.05, 0) is 13.1 Å². The molecule has 100 valence electrons. The molecule has 2 saturated heterocycles. The van der Waals surface area contributed by atoms with Crippen molar-refractivity contribution in [3.63, 3.8) is 0 Å². The van der Waals surface area contributed by atoms with E-state index in [2.05, 4.69) is 29.0 Å². The summed E-state index contributed by atoms with van der Waals surface area (Å²) in [6.45, 7) is 14.6. The molecule has 2 heterocycles. The molecule has 1 N–H and O–H groups in total. The van der Waals surface area contributed by atoms with Crippen LogP contribution in [-0.2, 0) is 4.74 Å². The molecule has 0 aromatic carbocycles. The summed E-state index contributed by atoms with van der Waals surface area (Å²) in [5, 5.41) is 3.54. The van der Waals surface area contributed by atoms with E-state index in [1.165, 1.54) is 39.3 Å². The van der Waals surface area contributed by atoms with Crippen molar-refractivity contribution in [2.45, 2.75) is 19.9 Å². The molecule has 2 aliphatic rings. The molecule has 0 amide bonds. The molecule has 0 aromatic rings. The highest BCUT2D eigenvalue weighted by Gasteiger charge is 2.29. The standard InChI is InChI=1S/C13H27N3O/c1-3-14-13-11-17-10-12(13)9-16-7-5-15(4-2)6-8-16/h12-14H,3-11H2,1-2H3. The second-order valence-electron chi connectivity index (χ2n) is 5.20. The molecule has 0 spiro atoms. The zero-order valence-corrected chi connectivity index (χ0v) is 11.3. The van der Waals surface area contributed by atoms with E-state index in [1.54, 1.807) is 0 Å². The molecule has 2 rings (SSSR count). The van der Waals surface area contributed by atoms with Crippen LogP contribution in [0.2, 0.25) is 0 Å². The van der Waals surface area contributed by atoms with Gasteiger partial charge in [0.25, 0.3) is 0 Å². The maximum absolute atomic E-state index is 5.61. The van der Waals surface area contributed by atoms with Gasteiger partial charge in [-0.3, -0.25) is 0 Å². The van der Waals surface area contributed by atoms with Crippen molar-refractivity contribution < 1.29 is 4.74 Å². The highest BCUT2D eigenvalue weighted by Crippen LogP contribution is 2.16. The summed E-state index contributed by atoms with van der Waals surface area (Å²) in [7, 11) is 0. The van der Waals surface area contributed by atoms with Gasteiger partial charge in [-0.15, -0.1) is 0 Å². The molecule has 0 saturated carbocycles. The van der Waals surface area contributed by atoms with Crippen LogP contribution in [0.15, 0.2) is 0 Å². The molecular weight excluding hydrogens is 214 g/mol. The van der Waals surface area contributed by atoms with E-state index < -0.39 is 0 Å². The molecule has 17 heavy (non-hydrogen) atoms. The lowest BCUT2D eigenvalue weighted by Gasteiger charge is -2.36. The van der Waals surface area contributed by atoms with E-state index in [4.69, 9.17) is 4.74 Å². The van der Waals surface area contributed by atoms with Gasteiger partial charge in [-0.25, -0.2) is 0 Å². The van der Waals surface area contributed by atoms with Crippen molar-refractivity contribution in [1.82, 2.24) is 15.1 Å². The fourth-order valence-electron chi connectivity index (χ4n) is 2.89. The molecule has 2 atom stereocenters. The molecule has 0 radical (unpaired) electrons. The van der Waals surface area contributed by atoms with E-state index in [0.29, 0.717) is 12.0 Å². The van der Waals surface area contributed by atoms with Gasteiger partial charge in [-0.1, -0.05) is 13.8 Å². The van der Waals surface area contributed by atoms with Crippen LogP contribution in [-0.4, -0.2) is 74.9 Å². The predicted octanol–water partition coefficient (Wildman–Crippen LogP) is 0.248. The van der Waals surface area contributed by atoms with Crippen molar-refractivity contribution in [3.05, 3.63) is 0 Å². The lowest BCUT2D eigenvalue weighted by atomic mass is 10.0. The van der Waals surface area contributed by atoms with Gasteiger partial charge in [0.1, 0.15) is 0 Å². The molecule has 2 fully saturated rings. The fourth-order valence-corrected chi connectivity index (χ4v) is 2.89. The quantitative estimate of drug-likeness (QED) is 0.747. The van der Waals surface area contributed by atoms with Crippen LogP contribution in [0.1, 0.15) is 13.8 Å². The Labute approximate surface area is 105 Å². The van der Waals surface area contributed by atoms with Crippen LogP contribution >= 0.6 is 0 Å². The second-order valence-corrected chi connectivity index (χ2v) is 5.20. The van der Waals surface area contributed by atoms with E-state index >= 15 is 0 Å². The van der Waals surface area contributed by atoms with E-state index in [9.17, 15) is 0 Å². The van der Waals surface area contributed by atoms with Crippen LogP contribution < -0.4 is 5.32 Å². The van der Waals surface area contributed by atoms with Crippen molar-refractivity contribution in [1.29, 1.82) is 0 Å². The third-order valence-electron chi connectivity index (χ3n) is 4.07. The van der Waals surface area contributed by atoms with E-state index in [0.717, 1.165) is 19.8 Å². The number of rotatable bonds is 5. The number of nitrogens with one attached hydrogen (secondary N) is 1. The van der Waals surface area contributed by atoms with Crippen molar-refractivity contribution in [3.8, 4) is 0 Å². The van der Waals surface area contributed by atoms with Crippen LogP contribution in [0.4, 0.5) is 0 Å². The predicted molar refractivity (Wildman–Crippen MR) is 70.3 cm³/mol. The number of hydrogen-bond acceptors (Lipinski definition) is 4. The summed E-state index contributed by atoms with van der Waals surface area (Å²) in [5.74, 6) is 0.683. The van der Waals surface area contributed by atoms with Crippen LogP contribution in [0, 0.1) is 5.92 Å². The minimum atomic E-state index is 0.573. The highest BCUT2D eigenvalue weighted by molar-refractivity contribution is 4.84. The number of ether oxygens (including phenoxy) is 1. The van der Waals surface area contributed by atoms with Crippen LogP contribution in [0.3, 0.4) is 0 Å². The van der Waals surface area contributed by atoms with Crippen molar-refractivity contribution in [2.24, 2.45) is 5.92 Å². The summed E-state index contributed by atoms with van der Waals surface area (Å²) < 4.78 is 5.61. The summed E-state index contributed by atoms with van der Waals surface area (Å²) in [4.78, 5) is 5.14. The van der Waals surface area contributed by atoms with E-state index in [1.807, 2.05) is 0 Å². The van der Waals surface area contributed by atoms with Gasteiger partial charge in [0.15, 0.2) is 0 Å². The summed E-state index contributed by atoms with van der Waals surface area (Å²) in [6.07, 6.45) is 0. The molecule has 2 unspecified atom stereocenters. The third-order valence-corrected chi connectivity index (χ3v) is 4.07. The smallest absolute Gasteiger partial charge is 0.0623 e. The second kappa shape index (κ2) is 6.69. The molecule has 0 bridgehead atoms. The van der Waals surface area contributed by atoms with Gasteiger partial charge in [0.05, 0.1) is 13.2 Å². The number of likely N-dealkylation sites (N-methyl/N-ethyl adjacent to an activating group) is 2. The Bertz CT molecular complexity index is 217. The Kier molecular flexibility index (Phi) is 5.22. The first-order chi connectivity index (χ1) is 8.33. The summed E-state index contributed by atoms with van der Waals surface area (Å²) in [5.41, 5.74) is 0. The van der Waals surface area contributed by atoms with Gasteiger partial charge in [0, 0.05) is 44.7 Å². The lowest BCUT2D eigenvalue weighted by Crippen LogP contribution is -2.49. The Balaban J connectivity index is 1.73. The normalized spacial score (nSPS) is 32.1. The van der Waals surface area contributed by atoms with Gasteiger partial charge in [-0.2, -0.15) is 0 Å². The van der Waals surface area contributed by atoms with Crippen molar-refractivity contribution >= 4 is 0 Å². The van der Waals surface area contributed by atoms with Gasteiger partial charge >= 0.3 is 0 Å². The molecule has 2 aliphatic heterocycles. The zero-order chi connectivity index (χ0) is 12.1. The maximum atomic E-state index is 5.61. The minimum absolute atomic E-state index is 0.573. The molecule has 0 aliphatic carbocycles. The highest BCUT2D eigenvalue weighted by atomic mass is 16.5. The largest absolute Gasteiger partial charge is 0.379 e. The average molecular weight is 241 g/mol. The number of piperazine rings is 1. The molecule has 4 heteroatoms. The molecule has 0 aromatic heterocycles. The SMILES string of the molecule is CCNC1COCC1CN1CCN(CC)CC1. The fraction of sp³-hybridized carbons (Fsp3) is 1.00. The maximum Gasteiger partial charge on any atom is 0.0623 e. The minimum Gasteiger partial charge on any atom is -0.379 e. The number of hydrogen-bond donors (Lipinski definition) is 1. The Morgan fingerprint density at radius 1 is 1.06 bits per heavy atom. The first kappa shape index (κ1) is 13.3. The summed E-state index contributed by atoms with van der Waals surface area (Å²) >= 11 is 0. The Morgan fingerprint density at radius 2 is 1.76 bits per heavy atom. The Morgan fingerprint density at radius 3 is 2.41 bits per heavy atom. The monoisotopic (exact) mass is 241 g/mol. The van der Waals surface area contributed by atoms with Gasteiger partial charge in [0.2, 0.25) is 0 Å². The third kappa shape index (κ3) is 3.65. The first-order valence-electron chi connectivity index (χ1n) is 7.09. The number of nitrogens with zero attached hydrogens (tertiary/aromatic N) is 2. The van der Waals surface area contributed by atoms with Crippen molar-refractivity contribution in [2.75, 3.05) is 59.0 Å². The molecular formula is C13H27N3O. The van der Waals surface area contributed by atoms with Gasteiger partial charge < -0.3 is 19.9 Å². The van der Waals surface area contributed by atoms with Crippen LogP contribution in [0.25, 0.3) is 0 Å². The van der Waals surface area contributed by atoms with Crippen LogP contribution in [0.5, 0.6) is 0 Å². The topological polar surface area (TPSA) is 27.7 Å². The van der Waals surface area contributed by atoms with E-state index in [-0.39, 0.29) is 0 Å². The zero-order valence-electron chi connectivity index (χ0n) is 11.3. The Hall–Kier alpha value is -0.160.